The molecule has 97 heavy (non-hydrogen) atoms. The Labute approximate surface area is 575 Å². The molecule has 3 amide bonds. The van der Waals surface area contributed by atoms with Crippen molar-refractivity contribution in [3.63, 3.8) is 0 Å². The molecule has 0 aliphatic heterocycles. The van der Waals surface area contributed by atoms with Gasteiger partial charge in [0.05, 0.1) is 36.6 Å². The number of nitrogens with one attached hydrogen (secondary N) is 2. The molecule has 13 nitrogen and oxygen atoms in total. The molecule has 22 atom stereocenters. The molecule has 0 saturated heterocycles. The fourth-order valence-electron chi connectivity index (χ4n) is 21.9. The van der Waals surface area contributed by atoms with E-state index in [2.05, 4.69) is 129 Å². The second-order valence-electron chi connectivity index (χ2n) is 35.6. The molecule has 20 heteroatoms. The first kappa shape index (κ1) is 77.7. The molecule has 0 unspecified atom stereocenters. The summed E-state index contributed by atoms with van der Waals surface area (Å²) in [5.41, 5.74) is 5.25. The number of hydrogen-bond donors (Lipinski definition) is 9. The van der Waals surface area contributed by atoms with E-state index in [0.29, 0.717) is 83.1 Å². The maximum atomic E-state index is 14.5. The van der Waals surface area contributed by atoms with E-state index in [0.717, 1.165) is 95.7 Å². The van der Waals surface area contributed by atoms with Crippen LogP contribution in [0.5, 0.6) is 0 Å². The van der Waals surface area contributed by atoms with Crippen molar-refractivity contribution in [2.75, 3.05) is 26.2 Å². The van der Waals surface area contributed by atoms with Gasteiger partial charge in [-0.25, -0.2) is 0 Å². The van der Waals surface area contributed by atoms with Gasteiger partial charge in [0.2, 0.25) is 11.8 Å². The molecule has 0 spiro atoms. The van der Waals surface area contributed by atoms with E-state index < -0.39 is 32.2 Å². The number of carbonyl (C=O) groups excluding carboxylic acids is 3. The Morgan fingerprint density at radius 3 is 1.34 bits per heavy atom. The summed E-state index contributed by atoms with van der Waals surface area (Å²) in [4.78, 5) is 43.6. The summed E-state index contributed by atoms with van der Waals surface area (Å²) in [5.74, 6) is 2.70. The zero-order chi connectivity index (χ0) is 71.5. The molecule has 10 N–H and O–H groups in total. The van der Waals surface area contributed by atoms with Crippen molar-refractivity contribution in [1.29, 1.82) is 0 Å². The van der Waals surface area contributed by atoms with Crippen LogP contribution in [0.15, 0.2) is 42.5 Å². The van der Waals surface area contributed by atoms with Gasteiger partial charge < -0.3 is 51.5 Å². The molecule has 2 aromatic rings. The molecule has 8 aliphatic rings. The van der Waals surface area contributed by atoms with E-state index in [-0.39, 0.29) is 133 Å². The van der Waals surface area contributed by atoms with Crippen LogP contribution in [0.25, 0.3) is 0 Å². The molecule has 8 saturated carbocycles. The van der Waals surface area contributed by atoms with Crippen molar-refractivity contribution in [2.24, 2.45) is 92.7 Å². The van der Waals surface area contributed by atoms with Crippen LogP contribution in [0.1, 0.15) is 244 Å². The summed E-state index contributed by atoms with van der Waals surface area (Å²) in [6, 6.07) is 15.0. The van der Waals surface area contributed by atoms with Crippen molar-refractivity contribution in [3.8, 4) is 0 Å². The first-order valence-corrected chi connectivity index (χ1v) is 39.4. The van der Waals surface area contributed by atoms with Crippen LogP contribution in [0.3, 0.4) is 0 Å². The van der Waals surface area contributed by atoms with Crippen LogP contribution in [-0.2, 0) is 33.5 Å². The van der Waals surface area contributed by atoms with Gasteiger partial charge in [-0.3, -0.25) is 14.4 Å². The number of carbonyl (C=O) groups is 3. The number of halogens is 6. The summed E-state index contributed by atoms with van der Waals surface area (Å²) in [5, 5.41) is 77.7. The van der Waals surface area contributed by atoms with Crippen molar-refractivity contribution < 1.29 is 75.5 Å². The number of quaternary nitrogens is 1. The average Bonchev–Trinajstić information content (AvgIpc) is 1.69. The predicted molar refractivity (Wildman–Crippen MR) is 369 cm³/mol. The summed E-state index contributed by atoms with van der Waals surface area (Å²) < 4.78 is 59.2. The summed E-state index contributed by atoms with van der Waals surface area (Å²) in [6.45, 7) is 30.8. The Kier molecular flexibility index (Phi) is 23.0. The second-order valence-corrected chi connectivity index (χ2v) is 37.5. The first-order valence-electron chi connectivity index (χ1n) is 37.4. The molecule has 10 rings (SSSR count). The number of amides is 3. The molecule has 0 aromatic heterocycles. The van der Waals surface area contributed by atoms with Crippen LogP contribution in [0, 0.1) is 92.7 Å². The molecule has 2 aromatic carbocycles. The average molecular weight is 1390 g/mol. The zero-order valence-corrected chi connectivity index (χ0v) is 61.4. The molecular formula is C77H123F6N4O9P. The molecule has 0 bridgehead atoms. The number of nitrogens with zero attached hydrogens (tertiary/aromatic N) is 1. The number of aliphatic hydroxyl groups is 6. The third-order valence-electron chi connectivity index (χ3n) is 27.5. The number of aliphatic hydroxyl groups excluding tert-OH is 6. The first-order chi connectivity index (χ1) is 44.8. The third kappa shape index (κ3) is 17.8. The number of hydrogen-bond acceptors (Lipinski definition) is 9. The van der Waals surface area contributed by atoms with Crippen molar-refractivity contribution >= 4 is 25.5 Å². The van der Waals surface area contributed by atoms with Crippen LogP contribution >= 0.6 is 7.81 Å². The molecule has 8 aliphatic carbocycles. The Morgan fingerprint density at radius 1 is 0.557 bits per heavy atom. The van der Waals surface area contributed by atoms with Gasteiger partial charge in [0.25, 0.3) is 5.91 Å². The number of rotatable bonds is 21. The van der Waals surface area contributed by atoms with Crippen LogP contribution in [-0.4, -0.2) is 116 Å². The molecular weight excluding hydrogens is 1270 g/mol. The third-order valence-corrected chi connectivity index (χ3v) is 27.5. The van der Waals surface area contributed by atoms with E-state index in [1.165, 1.54) is 16.7 Å². The number of fused-ring (bicyclic) bond motifs is 10. The van der Waals surface area contributed by atoms with E-state index in [1.54, 1.807) is 0 Å². The fraction of sp³-hybridized carbons (Fsp3) is 0.805. The second kappa shape index (κ2) is 28.7. The van der Waals surface area contributed by atoms with Crippen LogP contribution in [0.4, 0.5) is 25.2 Å². The van der Waals surface area contributed by atoms with Gasteiger partial charge in [-0.2, -0.15) is 0 Å². The number of nitrogens with two attached hydrogens (primary N) is 1. The fourth-order valence-corrected chi connectivity index (χ4v) is 21.9. The topological polar surface area (TPSA) is 216 Å². The summed E-state index contributed by atoms with van der Waals surface area (Å²) in [6.07, 6.45) is 12.8. The summed E-state index contributed by atoms with van der Waals surface area (Å²) >= 11 is 0. The van der Waals surface area contributed by atoms with Gasteiger partial charge in [-0.15, -0.1) is 0 Å². The van der Waals surface area contributed by atoms with Gasteiger partial charge in [-0.1, -0.05) is 101 Å². The minimum atomic E-state index is -10.7. The standard InChI is InChI=1S/C77H122N4O9.F6P/c1-46(57-21-23-59-69-61(42-65(86)76(57,59)11)74(9)29-27-55(82)38-53(74)40-63(69)84)15-25-67(88)79-31-13-33-81(71(90)50-19-17-48(18-20-50)44-78-45-49-35-51(72(3,4)5)37-52(36-49)73(6,7)8)34-14-32-80-68(89)26-16-47(2)58-22-24-60-70-62(43-66(87)77(58,60)12)75(10)30-28-56(83)39-54(75)41-64(70)85;1-7(2,3,4,5)6/h17-20,35-37,46-47,53-66,69-70,78,82-87H,13-16,21-34,38-45H2,1-12H3,(H,79,88)(H,80,89);/q;-1/p+1/t46-,47-,53+,54+,55-,56-,57-,58-,59+,60+,61+,62+,63-,64-,65+,66+,69+,70+,74+,75+,76-,77-;/m1./s1. The van der Waals surface area contributed by atoms with Gasteiger partial charge in [0.1, 0.15) is 13.1 Å². The Bertz CT molecular complexity index is 2900. The number of benzene rings is 2. The maximum absolute atomic E-state index is 14.5. The Hall–Kier alpha value is -3.42. The molecule has 0 radical (unpaired) electrons. The van der Waals surface area contributed by atoms with Crippen LogP contribution in [0.2, 0.25) is 0 Å². The molecule has 0 heterocycles. The van der Waals surface area contributed by atoms with Gasteiger partial charge in [0.15, 0.2) is 0 Å². The van der Waals surface area contributed by atoms with Crippen molar-refractivity contribution in [1.82, 2.24) is 15.5 Å². The SMILES string of the molecule is C[C@H](CCC(=O)NCCCN(CCCNC(=O)CC[C@@H](C)[C@H]1CC[C@H]2[C@@H]3[C@H](O)C[C@@H]4C[C@H](O)CC[C@]4(C)[C@H]3C[C@H](O)[C@]12C)C(=O)c1ccc(C[NH2+]Cc2cc(C(C)(C)C)cc(C(C)(C)C)c2)cc1)[C@H]1CC[C@H]2[C@@H]3[C@H](O)C[C@@H]4C[C@H](O)CC[C@]4(C)[C@H]3C[C@H](O)[C@]12C.F[P-](F)(F)(F)(F)F. The normalized spacial score (nSPS) is 37.6. The Morgan fingerprint density at radius 2 is 0.948 bits per heavy atom. The Balaban J connectivity index is 0.00000149. The van der Waals surface area contributed by atoms with E-state index in [4.69, 9.17) is 0 Å². The van der Waals surface area contributed by atoms with Gasteiger partial charge >= 0.3 is 33.0 Å². The van der Waals surface area contributed by atoms with Crippen molar-refractivity contribution in [3.05, 3.63) is 70.3 Å². The van der Waals surface area contributed by atoms with E-state index in [9.17, 15) is 70.2 Å². The van der Waals surface area contributed by atoms with Gasteiger partial charge in [0, 0.05) is 55.7 Å². The molecule has 8 fully saturated rings. The molecule has 552 valence electrons. The predicted octanol–water partition coefficient (Wildman–Crippen LogP) is 14.1. The zero-order valence-electron chi connectivity index (χ0n) is 60.5. The quantitative estimate of drug-likeness (QED) is 0.0330. The van der Waals surface area contributed by atoms with E-state index in [1.807, 2.05) is 17.0 Å². The monoisotopic (exact) mass is 1390 g/mol. The van der Waals surface area contributed by atoms with Crippen molar-refractivity contribution in [2.45, 2.75) is 272 Å². The summed E-state index contributed by atoms with van der Waals surface area (Å²) in [7, 11) is -10.7. The van der Waals surface area contributed by atoms with Crippen LogP contribution < -0.4 is 16.0 Å². The van der Waals surface area contributed by atoms with Gasteiger partial charge in [-0.05, 0) is 254 Å². The van der Waals surface area contributed by atoms with E-state index >= 15 is 0 Å². The minimum absolute atomic E-state index is 0.00628.